The monoisotopic (exact) mass is 218 g/mol. The normalized spacial score (nSPS) is 10.4. The molecule has 2 aromatic rings. The van der Waals surface area contributed by atoms with Gasteiger partial charge in [-0.2, -0.15) is 4.98 Å². The molecule has 1 aromatic carbocycles. The van der Waals surface area contributed by atoms with Gasteiger partial charge < -0.3 is 14.4 Å². The number of aromatic nitrogens is 2. The first kappa shape index (κ1) is 10.5. The van der Waals surface area contributed by atoms with Gasteiger partial charge >= 0.3 is 0 Å². The average molecular weight is 218 g/mol. The van der Waals surface area contributed by atoms with Gasteiger partial charge in [-0.25, -0.2) is 0 Å². The smallest absolute Gasteiger partial charge is 0.229 e. The van der Waals surface area contributed by atoms with Crippen molar-refractivity contribution in [2.45, 2.75) is 6.42 Å². The van der Waals surface area contributed by atoms with Gasteiger partial charge in [0.2, 0.25) is 5.88 Å². The van der Waals surface area contributed by atoms with E-state index in [-0.39, 0.29) is 5.88 Å². The van der Waals surface area contributed by atoms with Crippen LogP contribution in [0.5, 0.6) is 11.6 Å². The summed E-state index contributed by atoms with van der Waals surface area (Å²) in [7, 11) is 3.51. The van der Waals surface area contributed by atoms with Crippen LogP contribution in [0.1, 0.15) is 11.4 Å². The fourth-order valence-corrected chi connectivity index (χ4v) is 1.67. The van der Waals surface area contributed by atoms with E-state index in [0.29, 0.717) is 6.42 Å². The van der Waals surface area contributed by atoms with Crippen molar-refractivity contribution >= 4 is 0 Å². The molecule has 0 aliphatic carbocycles. The van der Waals surface area contributed by atoms with Crippen LogP contribution in [0, 0.1) is 0 Å². The van der Waals surface area contributed by atoms with Crippen LogP contribution >= 0.6 is 0 Å². The van der Waals surface area contributed by atoms with Gasteiger partial charge in [-0.15, -0.1) is 0 Å². The van der Waals surface area contributed by atoms with Crippen molar-refractivity contribution in [2.75, 3.05) is 7.11 Å². The molecule has 4 heteroatoms. The Morgan fingerprint density at radius 3 is 2.75 bits per heavy atom. The molecule has 0 saturated heterocycles. The SMILES string of the molecule is COc1ccccc1Cc1nc(O)cn1C. The lowest BCUT2D eigenvalue weighted by Crippen LogP contribution is -2.00. The zero-order valence-corrected chi connectivity index (χ0v) is 9.34. The van der Waals surface area contributed by atoms with Crippen molar-refractivity contribution in [3.63, 3.8) is 0 Å². The summed E-state index contributed by atoms with van der Waals surface area (Å²) in [5.41, 5.74) is 1.05. The second-order valence-corrected chi connectivity index (χ2v) is 3.61. The Kier molecular flexibility index (Phi) is 2.81. The highest BCUT2D eigenvalue weighted by Gasteiger charge is 2.08. The van der Waals surface area contributed by atoms with Gasteiger partial charge in [0, 0.05) is 19.0 Å². The van der Waals surface area contributed by atoms with E-state index in [2.05, 4.69) is 4.98 Å². The van der Waals surface area contributed by atoms with Crippen LogP contribution in [0.25, 0.3) is 0 Å². The quantitative estimate of drug-likeness (QED) is 0.853. The van der Waals surface area contributed by atoms with Crippen molar-refractivity contribution in [3.8, 4) is 11.6 Å². The molecule has 0 unspecified atom stereocenters. The Morgan fingerprint density at radius 2 is 2.12 bits per heavy atom. The largest absolute Gasteiger partial charge is 0.496 e. The first-order valence-corrected chi connectivity index (χ1v) is 5.04. The number of aromatic hydroxyl groups is 1. The van der Waals surface area contributed by atoms with Gasteiger partial charge in [-0.05, 0) is 6.07 Å². The minimum Gasteiger partial charge on any atom is -0.496 e. The fraction of sp³-hybridized carbons (Fsp3) is 0.250. The van der Waals surface area contributed by atoms with E-state index in [1.54, 1.807) is 13.3 Å². The lowest BCUT2D eigenvalue weighted by atomic mass is 10.1. The van der Waals surface area contributed by atoms with Crippen molar-refractivity contribution < 1.29 is 9.84 Å². The third kappa shape index (κ3) is 2.00. The van der Waals surface area contributed by atoms with Gasteiger partial charge in [-0.1, -0.05) is 18.2 Å². The summed E-state index contributed by atoms with van der Waals surface area (Å²) in [5.74, 6) is 1.69. The van der Waals surface area contributed by atoms with Gasteiger partial charge in [0.25, 0.3) is 0 Å². The zero-order valence-electron chi connectivity index (χ0n) is 9.34. The van der Waals surface area contributed by atoms with Crippen molar-refractivity contribution in [2.24, 2.45) is 7.05 Å². The number of methoxy groups -OCH3 is 1. The number of nitrogens with zero attached hydrogens (tertiary/aromatic N) is 2. The molecule has 0 bridgehead atoms. The standard InChI is InChI=1S/C12H14N2O2/c1-14-8-12(15)13-11(14)7-9-5-3-4-6-10(9)16-2/h3-6,8,15H,7H2,1-2H3. The fourth-order valence-electron chi connectivity index (χ4n) is 1.67. The second kappa shape index (κ2) is 4.26. The van der Waals surface area contributed by atoms with E-state index < -0.39 is 0 Å². The number of imidazole rings is 1. The second-order valence-electron chi connectivity index (χ2n) is 3.61. The predicted octanol–water partition coefficient (Wildman–Crippen LogP) is 1.73. The van der Waals surface area contributed by atoms with E-state index >= 15 is 0 Å². The Balaban J connectivity index is 2.30. The Morgan fingerprint density at radius 1 is 1.38 bits per heavy atom. The molecule has 16 heavy (non-hydrogen) atoms. The summed E-state index contributed by atoms with van der Waals surface area (Å²) in [5, 5.41) is 9.28. The molecule has 84 valence electrons. The molecule has 0 radical (unpaired) electrons. The number of ether oxygens (including phenoxy) is 1. The zero-order chi connectivity index (χ0) is 11.5. The highest BCUT2D eigenvalue weighted by atomic mass is 16.5. The topological polar surface area (TPSA) is 47.3 Å². The number of hydrogen-bond donors (Lipinski definition) is 1. The van der Waals surface area contributed by atoms with E-state index in [4.69, 9.17) is 4.74 Å². The van der Waals surface area contributed by atoms with E-state index in [1.807, 2.05) is 35.9 Å². The van der Waals surface area contributed by atoms with Gasteiger partial charge in [0.15, 0.2) is 0 Å². The number of para-hydroxylation sites is 1. The van der Waals surface area contributed by atoms with Crippen LogP contribution in [0.15, 0.2) is 30.5 Å². The van der Waals surface area contributed by atoms with Crippen molar-refractivity contribution in [1.29, 1.82) is 0 Å². The van der Waals surface area contributed by atoms with E-state index in [9.17, 15) is 5.11 Å². The summed E-state index contributed by atoms with van der Waals surface area (Å²) in [6.45, 7) is 0. The molecule has 0 saturated carbocycles. The van der Waals surface area contributed by atoms with E-state index in [0.717, 1.165) is 17.1 Å². The molecule has 0 aliphatic rings. The Hall–Kier alpha value is -1.97. The number of hydrogen-bond acceptors (Lipinski definition) is 3. The van der Waals surface area contributed by atoms with Gasteiger partial charge in [0.1, 0.15) is 11.6 Å². The molecule has 0 fully saturated rings. The molecule has 1 heterocycles. The molecule has 2 rings (SSSR count). The number of benzene rings is 1. The summed E-state index contributed by atoms with van der Waals surface area (Å²) in [4.78, 5) is 4.04. The molecule has 0 atom stereocenters. The first-order valence-electron chi connectivity index (χ1n) is 5.04. The maximum atomic E-state index is 9.28. The summed E-state index contributed by atoms with van der Waals surface area (Å²) in [6, 6.07) is 7.79. The third-order valence-electron chi connectivity index (χ3n) is 2.50. The number of rotatable bonds is 3. The minimum absolute atomic E-state index is 0.0485. The van der Waals surface area contributed by atoms with Gasteiger partial charge in [-0.3, -0.25) is 0 Å². The maximum absolute atomic E-state index is 9.28. The van der Waals surface area contributed by atoms with Crippen LogP contribution in [0.4, 0.5) is 0 Å². The molecule has 0 spiro atoms. The van der Waals surface area contributed by atoms with Crippen molar-refractivity contribution in [3.05, 3.63) is 41.9 Å². The maximum Gasteiger partial charge on any atom is 0.229 e. The summed E-state index contributed by atoms with van der Waals surface area (Å²) >= 11 is 0. The van der Waals surface area contributed by atoms with Crippen LogP contribution in [-0.4, -0.2) is 21.8 Å². The molecular weight excluding hydrogens is 204 g/mol. The van der Waals surface area contributed by atoms with Crippen molar-refractivity contribution in [1.82, 2.24) is 9.55 Å². The molecule has 4 nitrogen and oxygen atoms in total. The summed E-state index contributed by atoms with van der Waals surface area (Å²) < 4.78 is 7.07. The lowest BCUT2D eigenvalue weighted by molar-refractivity contribution is 0.410. The predicted molar refractivity (Wildman–Crippen MR) is 60.7 cm³/mol. The molecular formula is C12H14N2O2. The molecule has 1 aromatic heterocycles. The average Bonchev–Trinajstić information content (AvgIpc) is 2.58. The third-order valence-corrected chi connectivity index (χ3v) is 2.50. The molecule has 1 N–H and O–H groups in total. The highest BCUT2D eigenvalue weighted by molar-refractivity contribution is 5.35. The van der Waals surface area contributed by atoms with Crippen LogP contribution < -0.4 is 4.74 Å². The Labute approximate surface area is 94.1 Å². The summed E-state index contributed by atoms with van der Waals surface area (Å²) in [6.07, 6.45) is 2.23. The van der Waals surface area contributed by atoms with Crippen LogP contribution in [0.3, 0.4) is 0 Å². The highest BCUT2D eigenvalue weighted by Crippen LogP contribution is 2.21. The Bertz CT molecular complexity index is 492. The first-order chi connectivity index (χ1) is 7.70. The van der Waals surface area contributed by atoms with Crippen LogP contribution in [-0.2, 0) is 13.5 Å². The minimum atomic E-state index is 0.0485. The molecule has 0 amide bonds. The van der Waals surface area contributed by atoms with E-state index in [1.165, 1.54) is 0 Å². The number of aryl methyl sites for hydroxylation is 1. The van der Waals surface area contributed by atoms with Gasteiger partial charge in [0.05, 0.1) is 13.3 Å². The van der Waals surface area contributed by atoms with Crippen LogP contribution in [0.2, 0.25) is 0 Å². The lowest BCUT2D eigenvalue weighted by Gasteiger charge is -2.07. The molecule has 0 aliphatic heterocycles.